The summed E-state index contributed by atoms with van der Waals surface area (Å²) in [6, 6.07) is 12.1. The molecule has 216 valence electrons. The zero-order valence-electron chi connectivity index (χ0n) is 21.3. The number of sulfonamides is 1. The van der Waals surface area contributed by atoms with Gasteiger partial charge in [-0.05, 0) is 73.9 Å². The number of pyridine rings is 1. The van der Waals surface area contributed by atoms with E-state index < -0.39 is 30.3 Å². The molecule has 2 aliphatic rings. The predicted octanol–water partition coefficient (Wildman–Crippen LogP) is 3.89. The molecule has 2 atom stereocenters. The molecule has 2 aliphatic heterocycles. The van der Waals surface area contributed by atoms with Crippen LogP contribution in [0.2, 0.25) is 0 Å². The van der Waals surface area contributed by atoms with E-state index in [1.165, 1.54) is 12.1 Å². The van der Waals surface area contributed by atoms with Crippen molar-refractivity contribution >= 4 is 36.6 Å². The van der Waals surface area contributed by atoms with Crippen LogP contribution in [0.3, 0.4) is 0 Å². The molecular formula is C26H28F3N3O6S2. The van der Waals surface area contributed by atoms with Gasteiger partial charge in [-0.3, -0.25) is 0 Å². The van der Waals surface area contributed by atoms with Crippen LogP contribution in [-0.4, -0.2) is 66.3 Å². The number of aromatic nitrogens is 1. The molecule has 2 fully saturated rings. The maximum Gasteiger partial charge on any atom is 0.501 e. The monoisotopic (exact) mass is 599 g/mol. The summed E-state index contributed by atoms with van der Waals surface area (Å²) in [5, 5.41) is 0.673. The lowest BCUT2D eigenvalue weighted by atomic mass is 9.99. The number of ether oxygens (including phenoxy) is 2. The summed E-state index contributed by atoms with van der Waals surface area (Å²) in [7, 11) is -9.33. The largest absolute Gasteiger partial charge is 0.501 e. The zero-order valence-corrected chi connectivity index (χ0v) is 22.9. The maximum absolute atomic E-state index is 12.8. The van der Waals surface area contributed by atoms with Gasteiger partial charge in [0.2, 0.25) is 10.0 Å². The Balaban J connectivity index is 1.16. The molecule has 0 spiro atoms. The van der Waals surface area contributed by atoms with Gasteiger partial charge in [-0.2, -0.15) is 13.2 Å². The van der Waals surface area contributed by atoms with Gasteiger partial charge in [0.15, 0.2) is 0 Å². The van der Waals surface area contributed by atoms with Crippen LogP contribution in [0.15, 0.2) is 64.4 Å². The summed E-state index contributed by atoms with van der Waals surface area (Å²) >= 11 is 0. The molecule has 0 amide bonds. The average Bonchev–Trinajstić information content (AvgIpc) is 3.63. The van der Waals surface area contributed by atoms with Crippen molar-refractivity contribution in [3.63, 3.8) is 0 Å². The standard InChI is InChI=1S/C26H28F3N3O6S2/c27-26(28,29)39(33,34)21-6-4-20(5-7-21)37-15-12-30-40(35,36)22-8-9-23-18(16-22)3-10-25(31-23)32-13-11-19(17-32)24-2-1-14-38-24/h3-10,16,19,24,30H,1-2,11-15,17H2. The van der Waals surface area contributed by atoms with Crippen LogP contribution in [-0.2, 0) is 24.6 Å². The Kier molecular flexibility index (Phi) is 7.97. The van der Waals surface area contributed by atoms with E-state index in [1.54, 1.807) is 6.07 Å². The molecule has 9 nitrogen and oxygen atoms in total. The first-order chi connectivity index (χ1) is 18.9. The molecule has 14 heteroatoms. The highest BCUT2D eigenvalue weighted by Crippen LogP contribution is 2.32. The van der Waals surface area contributed by atoms with Crippen LogP contribution >= 0.6 is 0 Å². The van der Waals surface area contributed by atoms with Gasteiger partial charge >= 0.3 is 5.51 Å². The number of fused-ring (bicyclic) bond motifs is 1. The van der Waals surface area contributed by atoms with E-state index >= 15 is 0 Å². The van der Waals surface area contributed by atoms with Crippen molar-refractivity contribution in [1.29, 1.82) is 0 Å². The lowest BCUT2D eigenvalue weighted by Gasteiger charge is -2.20. The van der Waals surface area contributed by atoms with Crippen molar-refractivity contribution in [1.82, 2.24) is 9.71 Å². The van der Waals surface area contributed by atoms with Crippen molar-refractivity contribution in [3.05, 3.63) is 54.6 Å². The highest BCUT2D eigenvalue weighted by atomic mass is 32.2. The van der Waals surface area contributed by atoms with E-state index in [4.69, 9.17) is 14.5 Å². The highest BCUT2D eigenvalue weighted by Gasteiger charge is 2.46. The highest BCUT2D eigenvalue weighted by molar-refractivity contribution is 7.92. The van der Waals surface area contributed by atoms with Crippen LogP contribution in [0.1, 0.15) is 19.3 Å². The van der Waals surface area contributed by atoms with Gasteiger partial charge in [0.25, 0.3) is 9.84 Å². The lowest BCUT2D eigenvalue weighted by Crippen LogP contribution is -2.28. The SMILES string of the molecule is O=S(=O)(NCCOc1ccc(S(=O)(=O)C(F)(F)F)cc1)c1ccc2nc(N3CCC(C4CCCO4)C3)ccc2c1. The first kappa shape index (κ1) is 28.6. The van der Waals surface area contributed by atoms with Crippen molar-refractivity contribution in [2.75, 3.05) is 37.7 Å². The number of hydrogen-bond acceptors (Lipinski definition) is 8. The molecular weight excluding hydrogens is 571 g/mol. The van der Waals surface area contributed by atoms with E-state index in [2.05, 4.69) is 9.62 Å². The molecule has 2 saturated heterocycles. The summed E-state index contributed by atoms with van der Waals surface area (Å²) in [6.07, 6.45) is 3.59. The van der Waals surface area contributed by atoms with Crippen molar-refractivity contribution in [2.24, 2.45) is 5.92 Å². The van der Waals surface area contributed by atoms with Crippen LogP contribution < -0.4 is 14.4 Å². The van der Waals surface area contributed by atoms with Gasteiger partial charge in [-0.25, -0.2) is 26.5 Å². The number of hydrogen-bond donors (Lipinski definition) is 1. The normalized spacial score (nSPS) is 20.3. The van der Waals surface area contributed by atoms with Crippen LogP contribution in [0, 0.1) is 5.92 Å². The number of anilines is 1. The molecule has 0 radical (unpaired) electrons. The minimum absolute atomic E-state index is 0.0517. The predicted molar refractivity (Wildman–Crippen MR) is 141 cm³/mol. The van der Waals surface area contributed by atoms with Gasteiger partial charge in [0.05, 0.1) is 21.4 Å². The summed E-state index contributed by atoms with van der Waals surface area (Å²) in [4.78, 5) is 6.12. The number of sulfone groups is 1. The number of nitrogens with one attached hydrogen (secondary N) is 1. The smallest absolute Gasteiger partial charge is 0.492 e. The summed E-state index contributed by atoms with van der Waals surface area (Å²) in [6.45, 7) is 2.36. The molecule has 5 rings (SSSR count). The van der Waals surface area contributed by atoms with E-state index in [1.807, 2.05) is 12.1 Å². The molecule has 0 aliphatic carbocycles. The second-order valence-corrected chi connectivity index (χ2v) is 13.4. The van der Waals surface area contributed by atoms with E-state index in [0.29, 0.717) is 22.9 Å². The van der Waals surface area contributed by atoms with Gasteiger partial charge in [0, 0.05) is 37.5 Å². The van der Waals surface area contributed by atoms with Crippen molar-refractivity contribution in [2.45, 2.75) is 40.7 Å². The van der Waals surface area contributed by atoms with Crippen LogP contribution in [0.5, 0.6) is 5.75 Å². The Morgan fingerprint density at radius 3 is 2.45 bits per heavy atom. The lowest BCUT2D eigenvalue weighted by molar-refractivity contribution is -0.0436. The van der Waals surface area contributed by atoms with E-state index in [9.17, 15) is 30.0 Å². The third-order valence-corrected chi connectivity index (χ3v) is 10.1. The Hall–Kier alpha value is -2.94. The van der Waals surface area contributed by atoms with Crippen LogP contribution in [0.25, 0.3) is 10.9 Å². The third-order valence-electron chi connectivity index (χ3n) is 7.10. The minimum Gasteiger partial charge on any atom is -0.492 e. The molecule has 3 aromatic rings. The third kappa shape index (κ3) is 6.04. The Morgan fingerprint density at radius 2 is 1.75 bits per heavy atom. The Labute approximate surface area is 230 Å². The zero-order chi connectivity index (χ0) is 28.5. The van der Waals surface area contributed by atoms with Gasteiger partial charge < -0.3 is 14.4 Å². The maximum atomic E-state index is 12.8. The second-order valence-electron chi connectivity index (χ2n) is 9.74. The van der Waals surface area contributed by atoms with Gasteiger partial charge in [-0.15, -0.1) is 0 Å². The Bertz CT molecular complexity index is 1580. The molecule has 0 saturated carbocycles. The quantitative estimate of drug-likeness (QED) is 0.369. The minimum atomic E-state index is -5.46. The summed E-state index contributed by atoms with van der Waals surface area (Å²) in [5.41, 5.74) is -4.73. The fraction of sp³-hybridized carbons (Fsp3) is 0.423. The first-order valence-corrected chi connectivity index (χ1v) is 15.7. The van der Waals surface area contributed by atoms with Crippen LogP contribution in [0.4, 0.5) is 19.0 Å². The number of alkyl halides is 3. The van der Waals surface area contributed by atoms with E-state index in [-0.39, 0.29) is 23.8 Å². The fourth-order valence-electron chi connectivity index (χ4n) is 4.99. The summed E-state index contributed by atoms with van der Waals surface area (Å²) < 4.78 is 100. The Morgan fingerprint density at radius 1 is 1.00 bits per heavy atom. The molecule has 2 unspecified atom stereocenters. The molecule has 2 aromatic carbocycles. The fourth-order valence-corrected chi connectivity index (χ4v) is 6.80. The molecule has 40 heavy (non-hydrogen) atoms. The molecule has 0 bridgehead atoms. The van der Waals surface area contributed by atoms with E-state index in [0.717, 1.165) is 69.0 Å². The number of rotatable bonds is 9. The van der Waals surface area contributed by atoms with Crippen molar-refractivity contribution in [3.8, 4) is 5.75 Å². The number of benzene rings is 2. The van der Waals surface area contributed by atoms with Crippen molar-refractivity contribution < 1.29 is 39.5 Å². The van der Waals surface area contributed by atoms with Gasteiger partial charge in [0.1, 0.15) is 18.2 Å². The molecule has 1 aromatic heterocycles. The summed E-state index contributed by atoms with van der Waals surface area (Å²) in [5.74, 6) is 1.43. The number of nitrogens with zero attached hydrogens (tertiary/aromatic N) is 2. The molecule has 3 heterocycles. The molecule has 1 N–H and O–H groups in total. The first-order valence-electron chi connectivity index (χ1n) is 12.8. The topological polar surface area (TPSA) is 115 Å². The van der Waals surface area contributed by atoms with Gasteiger partial charge in [-0.1, -0.05) is 0 Å². The second kappa shape index (κ2) is 11.1. The average molecular weight is 600 g/mol. The number of halogens is 3.